The first-order valence-corrected chi connectivity index (χ1v) is 6.78. The van der Waals surface area contributed by atoms with Crippen molar-refractivity contribution in [2.45, 2.75) is 19.1 Å². The van der Waals surface area contributed by atoms with Crippen molar-refractivity contribution in [1.29, 1.82) is 0 Å². The highest BCUT2D eigenvalue weighted by molar-refractivity contribution is 5.63. The molecule has 2 heterocycles. The molecule has 1 saturated heterocycles. The van der Waals surface area contributed by atoms with Gasteiger partial charge in [-0.3, -0.25) is 5.10 Å². The minimum atomic E-state index is -2.81. The van der Waals surface area contributed by atoms with E-state index in [9.17, 15) is 8.78 Å². The van der Waals surface area contributed by atoms with E-state index >= 15 is 0 Å². The van der Waals surface area contributed by atoms with E-state index < -0.39 is 6.61 Å². The second kappa shape index (κ2) is 6.09. The van der Waals surface area contributed by atoms with Crippen molar-refractivity contribution in [3.05, 3.63) is 30.3 Å². The zero-order valence-electron chi connectivity index (χ0n) is 11.3. The van der Waals surface area contributed by atoms with Gasteiger partial charge in [0.1, 0.15) is 11.6 Å². The number of aromatic nitrogens is 2. The molecule has 1 aliphatic rings. The van der Waals surface area contributed by atoms with E-state index in [2.05, 4.69) is 25.6 Å². The maximum atomic E-state index is 12.1. The SMILES string of the molecule is FC(F)Oc1ccc(-c2cc(NC3CCNC3)n[nH]2)cc1. The van der Waals surface area contributed by atoms with Crippen LogP contribution in [0.1, 0.15) is 6.42 Å². The van der Waals surface area contributed by atoms with Gasteiger partial charge < -0.3 is 15.4 Å². The van der Waals surface area contributed by atoms with Gasteiger partial charge in [0.15, 0.2) is 0 Å². The van der Waals surface area contributed by atoms with Crippen LogP contribution in [0, 0.1) is 0 Å². The van der Waals surface area contributed by atoms with Crippen molar-refractivity contribution < 1.29 is 13.5 Å². The third-order valence-electron chi connectivity index (χ3n) is 3.38. The Bertz CT molecular complexity index is 579. The van der Waals surface area contributed by atoms with E-state index in [-0.39, 0.29) is 5.75 Å². The summed E-state index contributed by atoms with van der Waals surface area (Å²) in [7, 11) is 0. The highest BCUT2D eigenvalue weighted by Gasteiger charge is 2.15. The summed E-state index contributed by atoms with van der Waals surface area (Å²) in [5.74, 6) is 0.926. The molecule has 1 aromatic carbocycles. The van der Waals surface area contributed by atoms with E-state index in [0.29, 0.717) is 6.04 Å². The third kappa shape index (κ3) is 3.49. The van der Waals surface area contributed by atoms with Crippen LogP contribution in [-0.2, 0) is 0 Å². The smallest absolute Gasteiger partial charge is 0.387 e. The van der Waals surface area contributed by atoms with E-state index in [1.165, 1.54) is 12.1 Å². The van der Waals surface area contributed by atoms with Crippen LogP contribution in [0.4, 0.5) is 14.6 Å². The highest BCUT2D eigenvalue weighted by Crippen LogP contribution is 2.24. The lowest BCUT2D eigenvalue weighted by Gasteiger charge is -2.08. The molecule has 21 heavy (non-hydrogen) atoms. The molecule has 3 rings (SSSR count). The number of halogens is 2. The van der Waals surface area contributed by atoms with Crippen LogP contribution in [0.2, 0.25) is 0 Å². The lowest BCUT2D eigenvalue weighted by molar-refractivity contribution is -0.0498. The number of alkyl halides is 2. The molecule has 7 heteroatoms. The summed E-state index contributed by atoms with van der Waals surface area (Å²) in [6.07, 6.45) is 1.07. The Hall–Kier alpha value is -2.15. The monoisotopic (exact) mass is 294 g/mol. The van der Waals surface area contributed by atoms with Crippen molar-refractivity contribution in [1.82, 2.24) is 15.5 Å². The van der Waals surface area contributed by atoms with Gasteiger partial charge in [0.05, 0.1) is 5.69 Å². The minimum Gasteiger partial charge on any atom is -0.435 e. The van der Waals surface area contributed by atoms with E-state index in [4.69, 9.17) is 0 Å². The largest absolute Gasteiger partial charge is 0.435 e. The molecule has 1 unspecified atom stereocenters. The maximum absolute atomic E-state index is 12.1. The minimum absolute atomic E-state index is 0.142. The number of nitrogens with one attached hydrogen (secondary N) is 3. The van der Waals surface area contributed by atoms with Crippen molar-refractivity contribution in [3.8, 4) is 17.0 Å². The van der Waals surface area contributed by atoms with Crippen molar-refractivity contribution in [3.63, 3.8) is 0 Å². The molecule has 112 valence electrons. The topological polar surface area (TPSA) is 62.0 Å². The van der Waals surface area contributed by atoms with Crippen molar-refractivity contribution in [2.75, 3.05) is 18.4 Å². The van der Waals surface area contributed by atoms with E-state index in [0.717, 1.165) is 36.6 Å². The molecule has 5 nitrogen and oxygen atoms in total. The van der Waals surface area contributed by atoms with Crippen LogP contribution in [0.5, 0.6) is 5.75 Å². The first kappa shape index (κ1) is 13.8. The number of benzene rings is 1. The number of hydrogen-bond donors (Lipinski definition) is 3. The summed E-state index contributed by atoms with van der Waals surface area (Å²) in [6, 6.07) is 8.75. The van der Waals surface area contributed by atoms with Gasteiger partial charge in [-0.25, -0.2) is 0 Å². The Labute approximate surface area is 120 Å². The lowest BCUT2D eigenvalue weighted by atomic mass is 10.1. The predicted molar refractivity (Wildman–Crippen MR) is 75.6 cm³/mol. The summed E-state index contributed by atoms with van der Waals surface area (Å²) < 4.78 is 28.5. The number of hydrogen-bond acceptors (Lipinski definition) is 4. The maximum Gasteiger partial charge on any atom is 0.387 e. The Morgan fingerprint density at radius 1 is 1.29 bits per heavy atom. The normalized spacial score (nSPS) is 18.1. The summed E-state index contributed by atoms with van der Waals surface area (Å²) >= 11 is 0. The molecule has 0 bridgehead atoms. The molecule has 3 N–H and O–H groups in total. The molecule has 1 aromatic heterocycles. The fourth-order valence-electron chi connectivity index (χ4n) is 2.35. The van der Waals surface area contributed by atoms with Crippen molar-refractivity contribution >= 4 is 5.82 Å². The fourth-order valence-corrected chi connectivity index (χ4v) is 2.35. The van der Waals surface area contributed by atoms with Crippen LogP contribution in [0.3, 0.4) is 0 Å². The molecular weight excluding hydrogens is 278 g/mol. The molecule has 0 amide bonds. The second-order valence-electron chi connectivity index (χ2n) is 4.90. The van der Waals surface area contributed by atoms with Gasteiger partial charge in [0.2, 0.25) is 0 Å². The average Bonchev–Trinajstić information content (AvgIpc) is 3.11. The number of anilines is 1. The molecule has 0 aliphatic carbocycles. The fraction of sp³-hybridized carbons (Fsp3) is 0.357. The quantitative estimate of drug-likeness (QED) is 0.792. The molecule has 0 radical (unpaired) electrons. The third-order valence-corrected chi connectivity index (χ3v) is 3.38. The molecule has 1 aliphatic heterocycles. The first-order chi connectivity index (χ1) is 10.2. The van der Waals surface area contributed by atoms with E-state index in [1.54, 1.807) is 12.1 Å². The van der Waals surface area contributed by atoms with Crippen LogP contribution < -0.4 is 15.4 Å². The first-order valence-electron chi connectivity index (χ1n) is 6.78. The van der Waals surface area contributed by atoms with Crippen molar-refractivity contribution in [2.24, 2.45) is 0 Å². The van der Waals surface area contributed by atoms with Crippen LogP contribution in [0.15, 0.2) is 30.3 Å². The number of aromatic amines is 1. The molecule has 1 atom stereocenters. The van der Waals surface area contributed by atoms with Crippen LogP contribution in [0.25, 0.3) is 11.3 Å². The molecule has 0 spiro atoms. The predicted octanol–water partition coefficient (Wildman–Crippen LogP) is 2.45. The summed E-state index contributed by atoms with van der Waals surface area (Å²) in [4.78, 5) is 0. The standard InChI is InChI=1S/C14H16F2N4O/c15-14(16)21-11-3-1-9(2-4-11)12-7-13(20-19-12)18-10-5-6-17-8-10/h1-4,7,10,14,17H,5-6,8H2,(H2,18,19,20). The van der Waals surface area contributed by atoms with Gasteiger partial charge in [0.25, 0.3) is 0 Å². The number of nitrogens with zero attached hydrogens (tertiary/aromatic N) is 1. The van der Waals surface area contributed by atoms with Gasteiger partial charge in [0, 0.05) is 18.7 Å². The summed E-state index contributed by atoms with van der Waals surface area (Å²) in [6.45, 7) is -0.860. The molecular formula is C14H16F2N4O. The zero-order valence-corrected chi connectivity index (χ0v) is 11.3. The van der Waals surface area contributed by atoms with Gasteiger partial charge in [-0.2, -0.15) is 13.9 Å². The second-order valence-corrected chi connectivity index (χ2v) is 4.90. The Kier molecular flexibility index (Phi) is 4.01. The Morgan fingerprint density at radius 2 is 2.10 bits per heavy atom. The lowest BCUT2D eigenvalue weighted by Crippen LogP contribution is -2.22. The number of rotatable bonds is 5. The number of ether oxygens (including phenoxy) is 1. The van der Waals surface area contributed by atoms with Crippen LogP contribution in [-0.4, -0.2) is 35.9 Å². The van der Waals surface area contributed by atoms with Gasteiger partial charge >= 0.3 is 6.61 Å². The van der Waals surface area contributed by atoms with E-state index in [1.807, 2.05) is 6.07 Å². The number of H-pyrrole nitrogens is 1. The van der Waals surface area contributed by atoms with Gasteiger partial charge in [-0.1, -0.05) is 0 Å². The van der Waals surface area contributed by atoms with Gasteiger partial charge in [-0.15, -0.1) is 0 Å². The molecule has 1 fully saturated rings. The average molecular weight is 294 g/mol. The summed E-state index contributed by atoms with van der Waals surface area (Å²) in [5, 5.41) is 13.8. The molecule has 2 aromatic rings. The van der Waals surface area contributed by atoms with Crippen LogP contribution >= 0.6 is 0 Å². The highest BCUT2D eigenvalue weighted by atomic mass is 19.3. The Morgan fingerprint density at radius 3 is 2.76 bits per heavy atom. The zero-order chi connectivity index (χ0) is 14.7. The Balaban J connectivity index is 1.67. The van der Waals surface area contributed by atoms with Gasteiger partial charge in [-0.05, 0) is 42.8 Å². The summed E-state index contributed by atoms with van der Waals surface area (Å²) in [5.41, 5.74) is 1.69. The molecule has 0 saturated carbocycles.